The van der Waals surface area contributed by atoms with Crippen LogP contribution in [0, 0.1) is 0 Å². The molecule has 0 radical (unpaired) electrons. The quantitative estimate of drug-likeness (QED) is 0.220. The van der Waals surface area contributed by atoms with Gasteiger partial charge in [0.2, 0.25) is 0 Å². The highest BCUT2D eigenvalue weighted by Crippen LogP contribution is 2.47. The van der Waals surface area contributed by atoms with Gasteiger partial charge in [-0.2, -0.15) is 0 Å². The molecular formula is C29H30NOPS. The number of nitrogens with one attached hydrogen (secondary N) is 1. The van der Waals surface area contributed by atoms with Gasteiger partial charge in [0.1, 0.15) is 5.75 Å². The molecule has 1 N–H and O–H groups in total. The molecule has 0 amide bonds. The molecule has 0 saturated carbocycles. The summed E-state index contributed by atoms with van der Waals surface area (Å²) >= 11 is 1.87. The summed E-state index contributed by atoms with van der Waals surface area (Å²) in [6.45, 7) is 6.74. The van der Waals surface area contributed by atoms with Crippen molar-refractivity contribution in [3.05, 3.63) is 103 Å². The van der Waals surface area contributed by atoms with Crippen LogP contribution in [0.2, 0.25) is 0 Å². The summed E-state index contributed by atoms with van der Waals surface area (Å²) in [6, 6.07) is 36.3. The van der Waals surface area contributed by atoms with E-state index in [1.165, 1.54) is 15.5 Å². The minimum Gasteiger partial charge on any atom is -0.496 e. The molecule has 0 unspecified atom stereocenters. The molecule has 4 aromatic rings. The largest absolute Gasteiger partial charge is 0.496 e. The van der Waals surface area contributed by atoms with Crippen molar-refractivity contribution in [3.63, 3.8) is 0 Å². The molecule has 0 fully saturated rings. The second kappa shape index (κ2) is 10.5. The van der Waals surface area contributed by atoms with E-state index in [2.05, 4.69) is 129 Å². The molecule has 0 saturated heterocycles. The normalized spacial score (nSPS) is 11.4. The Balaban J connectivity index is 1.83. The van der Waals surface area contributed by atoms with Gasteiger partial charge in [-0.1, -0.05) is 106 Å². The third-order valence-corrected chi connectivity index (χ3v) is 8.35. The highest BCUT2D eigenvalue weighted by atomic mass is 32.2. The van der Waals surface area contributed by atoms with Crippen molar-refractivity contribution < 1.29 is 4.74 Å². The maximum atomic E-state index is 5.85. The van der Waals surface area contributed by atoms with E-state index in [0.717, 1.165) is 22.6 Å². The van der Waals surface area contributed by atoms with Crippen molar-refractivity contribution in [3.8, 4) is 16.9 Å². The van der Waals surface area contributed by atoms with Gasteiger partial charge in [0.25, 0.3) is 0 Å². The van der Waals surface area contributed by atoms with E-state index in [4.69, 9.17) is 4.74 Å². The minimum absolute atomic E-state index is 0.0875. The SMILES string of the molecule is COc1cccc(SC(C)(C)C)c1-c1ccccc1NP(c1ccccc1)c1ccccc1. The van der Waals surface area contributed by atoms with Crippen molar-refractivity contribution in [2.75, 3.05) is 12.2 Å². The summed E-state index contributed by atoms with van der Waals surface area (Å²) in [4.78, 5) is 1.22. The van der Waals surface area contributed by atoms with Crippen LogP contribution in [0.4, 0.5) is 5.69 Å². The Kier molecular flexibility index (Phi) is 7.42. The zero-order valence-electron chi connectivity index (χ0n) is 19.6. The van der Waals surface area contributed by atoms with E-state index in [1.807, 2.05) is 11.8 Å². The molecular weight excluding hydrogens is 441 g/mol. The molecule has 2 nitrogen and oxygen atoms in total. The first-order chi connectivity index (χ1) is 16.0. The van der Waals surface area contributed by atoms with Gasteiger partial charge in [0.15, 0.2) is 0 Å². The van der Waals surface area contributed by atoms with Crippen LogP contribution in [-0.4, -0.2) is 11.9 Å². The van der Waals surface area contributed by atoms with Gasteiger partial charge in [0.05, 0.1) is 15.2 Å². The lowest BCUT2D eigenvalue weighted by atomic mass is 10.0. The Bertz CT molecular complexity index is 1150. The van der Waals surface area contributed by atoms with Crippen LogP contribution >= 0.6 is 19.8 Å². The monoisotopic (exact) mass is 471 g/mol. The summed E-state index contributed by atoms with van der Waals surface area (Å²) in [5, 5.41) is 6.50. The summed E-state index contributed by atoms with van der Waals surface area (Å²) in [5.41, 5.74) is 3.40. The second-order valence-corrected chi connectivity index (χ2v) is 12.5. The van der Waals surface area contributed by atoms with E-state index in [1.54, 1.807) is 7.11 Å². The third kappa shape index (κ3) is 5.79. The van der Waals surface area contributed by atoms with Crippen LogP contribution in [0.1, 0.15) is 20.8 Å². The Morgan fingerprint density at radius 1 is 0.697 bits per heavy atom. The third-order valence-electron chi connectivity index (χ3n) is 5.08. The lowest BCUT2D eigenvalue weighted by molar-refractivity contribution is 0.415. The molecule has 0 aliphatic rings. The predicted octanol–water partition coefficient (Wildman–Crippen LogP) is 7.71. The highest BCUT2D eigenvalue weighted by molar-refractivity contribution is 8.00. The molecule has 0 atom stereocenters. The van der Waals surface area contributed by atoms with Gasteiger partial charge in [-0.05, 0) is 18.2 Å². The molecule has 33 heavy (non-hydrogen) atoms. The lowest BCUT2D eigenvalue weighted by Crippen LogP contribution is -2.17. The molecule has 0 heterocycles. The van der Waals surface area contributed by atoms with Gasteiger partial charge in [-0.15, -0.1) is 11.8 Å². The zero-order valence-corrected chi connectivity index (χ0v) is 21.3. The van der Waals surface area contributed by atoms with Crippen molar-refractivity contribution in [1.82, 2.24) is 0 Å². The zero-order chi connectivity index (χ0) is 23.3. The number of rotatable bonds is 7. The minimum atomic E-state index is -0.782. The average Bonchev–Trinajstić information content (AvgIpc) is 2.83. The Morgan fingerprint density at radius 2 is 1.27 bits per heavy atom. The van der Waals surface area contributed by atoms with Crippen LogP contribution in [0.3, 0.4) is 0 Å². The first-order valence-corrected chi connectivity index (χ1v) is 13.2. The first kappa shape index (κ1) is 23.4. The molecule has 168 valence electrons. The van der Waals surface area contributed by atoms with E-state index >= 15 is 0 Å². The fraction of sp³-hybridized carbons (Fsp3) is 0.172. The molecule has 4 heteroatoms. The maximum Gasteiger partial charge on any atom is 0.127 e. The molecule has 0 aliphatic carbocycles. The van der Waals surface area contributed by atoms with Crippen LogP contribution < -0.4 is 20.4 Å². The standard InChI is InChI=1S/C29H30NOPS/c1-29(2,3)33-27-21-13-20-26(31-4)28(27)24-18-11-12-19-25(24)30-32(22-14-7-5-8-15-22)23-16-9-6-10-17-23/h5-21,30H,1-4H3. The van der Waals surface area contributed by atoms with Crippen molar-refractivity contribution in [2.24, 2.45) is 0 Å². The summed E-state index contributed by atoms with van der Waals surface area (Å²) in [7, 11) is 0.969. The molecule has 0 aromatic heterocycles. The summed E-state index contributed by atoms with van der Waals surface area (Å²) in [6.07, 6.45) is 0. The Hall–Kier alpha value is -2.74. The number of methoxy groups -OCH3 is 1. The average molecular weight is 472 g/mol. The Labute approximate surface area is 203 Å². The van der Waals surface area contributed by atoms with Crippen molar-refractivity contribution in [2.45, 2.75) is 30.4 Å². The van der Waals surface area contributed by atoms with Crippen LogP contribution in [0.5, 0.6) is 5.75 Å². The van der Waals surface area contributed by atoms with Crippen LogP contribution in [0.25, 0.3) is 11.1 Å². The predicted molar refractivity (Wildman–Crippen MR) is 147 cm³/mol. The van der Waals surface area contributed by atoms with Gasteiger partial charge in [0, 0.05) is 37.1 Å². The Morgan fingerprint density at radius 3 is 1.85 bits per heavy atom. The summed E-state index contributed by atoms with van der Waals surface area (Å²) < 4.78 is 5.94. The van der Waals surface area contributed by atoms with Crippen LogP contribution in [0.15, 0.2) is 108 Å². The maximum absolute atomic E-state index is 5.85. The molecule has 0 spiro atoms. The number of anilines is 1. The summed E-state index contributed by atoms with van der Waals surface area (Å²) in [5.74, 6) is 0.891. The molecule has 4 aromatic carbocycles. The lowest BCUT2D eigenvalue weighted by Gasteiger charge is -2.25. The number of hydrogen-bond donors (Lipinski definition) is 1. The molecule has 4 rings (SSSR count). The van der Waals surface area contributed by atoms with Gasteiger partial charge in [-0.3, -0.25) is 0 Å². The molecule has 0 aliphatic heterocycles. The van der Waals surface area contributed by atoms with Gasteiger partial charge >= 0.3 is 0 Å². The number of thioether (sulfide) groups is 1. The van der Waals surface area contributed by atoms with E-state index in [-0.39, 0.29) is 4.75 Å². The smallest absolute Gasteiger partial charge is 0.127 e. The number of hydrogen-bond acceptors (Lipinski definition) is 3. The second-order valence-electron chi connectivity index (χ2n) is 8.71. The topological polar surface area (TPSA) is 21.3 Å². The van der Waals surface area contributed by atoms with Crippen molar-refractivity contribution >= 4 is 36.1 Å². The van der Waals surface area contributed by atoms with E-state index in [0.29, 0.717) is 0 Å². The highest BCUT2D eigenvalue weighted by Gasteiger charge is 2.22. The van der Waals surface area contributed by atoms with Crippen molar-refractivity contribution in [1.29, 1.82) is 0 Å². The number of ether oxygens (including phenoxy) is 1. The number of para-hydroxylation sites is 1. The van der Waals surface area contributed by atoms with Crippen LogP contribution in [-0.2, 0) is 0 Å². The molecule has 0 bridgehead atoms. The van der Waals surface area contributed by atoms with Gasteiger partial charge < -0.3 is 9.82 Å². The fourth-order valence-electron chi connectivity index (χ4n) is 3.71. The van der Waals surface area contributed by atoms with Gasteiger partial charge in [-0.25, -0.2) is 0 Å². The fourth-order valence-corrected chi connectivity index (χ4v) is 6.76. The van der Waals surface area contributed by atoms with E-state index < -0.39 is 8.07 Å². The van der Waals surface area contributed by atoms with E-state index in [9.17, 15) is 0 Å². The number of benzene rings is 4. The first-order valence-electron chi connectivity index (χ1n) is 11.1.